The Morgan fingerprint density at radius 2 is 1.67 bits per heavy atom. The summed E-state index contributed by atoms with van der Waals surface area (Å²) in [6.45, 7) is 8.78. The van der Waals surface area contributed by atoms with Crippen molar-refractivity contribution in [3.05, 3.63) is 59.8 Å². The van der Waals surface area contributed by atoms with Crippen LogP contribution in [0.5, 0.6) is 11.5 Å². The Labute approximate surface area is 195 Å². The van der Waals surface area contributed by atoms with Crippen LogP contribution < -0.4 is 14.4 Å². The topological polar surface area (TPSA) is 62.3 Å². The molecular weight excluding hydrogens is 418 g/mol. The third-order valence-corrected chi connectivity index (χ3v) is 6.12. The van der Waals surface area contributed by atoms with Crippen molar-refractivity contribution in [1.29, 1.82) is 0 Å². The second kappa shape index (κ2) is 10.1. The van der Waals surface area contributed by atoms with Gasteiger partial charge in [0.25, 0.3) is 11.8 Å². The van der Waals surface area contributed by atoms with E-state index < -0.39 is 0 Å². The number of piperazine rings is 1. The molecule has 1 fully saturated rings. The first-order valence-corrected chi connectivity index (χ1v) is 11.6. The molecular formula is C26H31N3O4. The molecule has 33 heavy (non-hydrogen) atoms. The quantitative estimate of drug-likeness (QED) is 0.576. The largest absolute Gasteiger partial charge is 0.496 e. The highest BCUT2D eigenvalue weighted by molar-refractivity contribution is 6.45. The average Bonchev–Trinajstić information content (AvgIpc) is 3.12. The van der Waals surface area contributed by atoms with E-state index in [4.69, 9.17) is 9.47 Å². The van der Waals surface area contributed by atoms with Gasteiger partial charge in [0, 0.05) is 37.8 Å². The molecule has 4 rings (SSSR count). The van der Waals surface area contributed by atoms with E-state index in [-0.39, 0.29) is 11.8 Å². The van der Waals surface area contributed by atoms with Gasteiger partial charge < -0.3 is 19.3 Å². The minimum atomic E-state index is -0.343. The second-order valence-corrected chi connectivity index (χ2v) is 8.14. The van der Waals surface area contributed by atoms with Gasteiger partial charge in [0.15, 0.2) is 0 Å². The van der Waals surface area contributed by atoms with E-state index in [1.165, 1.54) is 4.90 Å². The molecule has 1 saturated heterocycles. The molecule has 0 saturated carbocycles. The Morgan fingerprint density at radius 1 is 0.909 bits per heavy atom. The van der Waals surface area contributed by atoms with Crippen molar-refractivity contribution in [2.75, 3.05) is 51.3 Å². The second-order valence-electron chi connectivity index (χ2n) is 8.14. The summed E-state index contributed by atoms with van der Waals surface area (Å²) in [5.41, 5.74) is 1.97. The average molecular weight is 450 g/mol. The van der Waals surface area contributed by atoms with Crippen molar-refractivity contribution in [2.24, 2.45) is 0 Å². The van der Waals surface area contributed by atoms with Crippen LogP contribution >= 0.6 is 0 Å². The van der Waals surface area contributed by atoms with E-state index in [1.54, 1.807) is 19.2 Å². The van der Waals surface area contributed by atoms with Crippen molar-refractivity contribution in [2.45, 2.75) is 20.3 Å². The van der Waals surface area contributed by atoms with Crippen LogP contribution in [0.2, 0.25) is 0 Å². The molecule has 174 valence electrons. The van der Waals surface area contributed by atoms with E-state index in [9.17, 15) is 9.59 Å². The van der Waals surface area contributed by atoms with Crippen LogP contribution in [0.25, 0.3) is 5.57 Å². The third-order valence-electron chi connectivity index (χ3n) is 6.12. The van der Waals surface area contributed by atoms with Crippen molar-refractivity contribution >= 4 is 23.1 Å². The number of para-hydroxylation sites is 1. The Hall–Kier alpha value is -3.32. The van der Waals surface area contributed by atoms with Gasteiger partial charge >= 0.3 is 0 Å². The lowest BCUT2D eigenvalue weighted by Crippen LogP contribution is -2.47. The van der Waals surface area contributed by atoms with Crippen molar-refractivity contribution < 1.29 is 19.1 Å². The SMILES string of the molecule is CCCOc1cccc(N2C(=O)C(c3ccccc3OC)=C(N3CCN(CC)CC3)C2=O)c1. The zero-order valence-corrected chi connectivity index (χ0v) is 19.5. The van der Waals surface area contributed by atoms with E-state index in [0.29, 0.717) is 53.7 Å². The molecule has 2 amide bonds. The van der Waals surface area contributed by atoms with Gasteiger partial charge in [-0.05, 0) is 31.2 Å². The smallest absolute Gasteiger partial charge is 0.282 e. The lowest BCUT2D eigenvalue weighted by molar-refractivity contribution is -0.120. The molecule has 0 unspecified atom stereocenters. The highest BCUT2D eigenvalue weighted by Crippen LogP contribution is 2.39. The van der Waals surface area contributed by atoms with Crippen molar-refractivity contribution in [3.8, 4) is 11.5 Å². The number of imide groups is 1. The molecule has 7 heteroatoms. The normalized spacial score (nSPS) is 17.2. The number of hydrogen-bond acceptors (Lipinski definition) is 6. The monoisotopic (exact) mass is 449 g/mol. The minimum Gasteiger partial charge on any atom is -0.496 e. The number of likely N-dealkylation sites (N-methyl/N-ethyl adjacent to an activating group) is 1. The molecule has 0 bridgehead atoms. The van der Waals surface area contributed by atoms with E-state index in [1.807, 2.05) is 48.2 Å². The van der Waals surface area contributed by atoms with Gasteiger partial charge in [0.2, 0.25) is 0 Å². The summed E-state index contributed by atoms with van der Waals surface area (Å²) >= 11 is 0. The van der Waals surface area contributed by atoms with Crippen LogP contribution in [-0.2, 0) is 9.59 Å². The molecule has 0 spiro atoms. The molecule has 0 N–H and O–H groups in total. The van der Waals surface area contributed by atoms with Gasteiger partial charge in [0.05, 0.1) is 25.0 Å². The summed E-state index contributed by atoms with van der Waals surface area (Å²) in [5, 5.41) is 0. The fourth-order valence-corrected chi connectivity index (χ4v) is 4.36. The van der Waals surface area contributed by atoms with Crippen molar-refractivity contribution in [3.63, 3.8) is 0 Å². The highest BCUT2D eigenvalue weighted by atomic mass is 16.5. The van der Waals surface area contributed by atoms with Crippen molar-refractivity contribution in [1.82, 2.24) is 9.80 Å². The molecule has 2 aromatic rings. The number of carbonyl (C=O) groups is 2. The van der Waals surface area contributed by atoms with E-state index in [2.05, 4.69) is 11.8 Å². The van der Waals surface area contributed by atoms with Gasteiger partial charge in [-0.15, -0.1) is 0 Å². The number of nitrogens with zero attached hydrogens (tertiary/aromatic N) is 3. The summed E-state index contributed by atoms with van der Waals surface area (Å²) < 4.78 is 11.3. The zero-order chi connectivity index (χ0) is 23.4. The maximum atomic E-state index is 13.8. The minimum absolute atomic E-state index is 0.307. The standard InChI is InChI=1S/C26H31N3O4/c1-4-17-33-20-10-8-9-19(18-20)29-25(30)23(21-11-6-7-12-22(21)32-3)24(26(29)31)28-15-13-27(5-2)14-16-28/h6-12,18H,4-5,13-17H2,1-3H3. The van der Waals surface area contributed by atoms with Crippen LogP contribution in [0, 0.1) is 0 Å². The fourth-order valence-electron chi connectivity index (χ4n) is 4.36. The van der Waals surface area contributed by atoms with Crippen LogP contribution in [0.15, 0.2) is 54.2 Å². The van der Waals surface area contributed by atoms with Gasteiger partial charge in [-0.2, -0.15) is 0 Å². The number of benzene rings is 2. The number of rotatable bonds is 8. The molecule has 2 heterocycles. The highest BCUT2D eigenvalue weighted by Gasteiger charge is 2.43. The molecule has 2 aliphatic rings. The van der Waals surface area contributed by atoms with Crippen LogP contribution in [0.4, 0.5) is 5.69 Å². The first-order chi connectivity index (χ1) is 16.1. The summed E-state index contributed by atoms with van der Waals surface area (Å²) in [5.74, 6) is 0.558. The molecule has 0 radical (unpaired) electrons. The third kappa shape index (κ3) is 4.46. The van der Waals surface area contributed by atoms with Crippen LogP contribution in [0.1, 0.15) is 25.8 Å². The lowest BCUT2D eigenvalue weighted by atomic mass is 10.0. The maximum absolute atomic E-state index is 13.8. The van der Waals surface area contributed by atoms with Gasteiger partial charge in [-0.3, -0.25) is 9.59 Å². The predicted molar refractivity (Wildman–Crippen MR) is 128 cm³/mol. The molecule has 0 aliphatic carbocycles. The fraction of sp³-hybridized carbons (Fsp3) is 0.385. The van der Waals surface area contributed by atoms with Gasteiger partial charge in [-0.25, -0.2) is 4.90 Å². The number of anilines is 1. The Bertz CT molecular complexity index is 1060. The summed E-state index contributed by atoms with van der Waals surface area (Å²) in [4.78, 5) is 33.2. The molecule has 2 aliphatic heterocycles. The Kier molecular flexibility index (Phi) is 6.99. The summed E-state index contributed by atoms with van der Waals surface area (Å²) in [6.07, 6.45) is 0.874. The predicted octanol–water partition coefficient (Wildman–Crippen LogP) is 3.41. The molecule has 0 aromatic heterocycles. The summed E-state index contributed by atoms with van der Waals surface area (Å²) in [6, 6.07) is 14.5. The van der Waals surface area contributed by atoms with Gasteiger partial charge in [-0.1, -0.05) is 38.1 Å². The van der Waals surface area contributed by atoms with Gasteiger partial charge in [0.1, 0.15) is 17.2 Å². The zero-order valence-electron chi connectivity index (χ0n) is 19.5. The Balaban J connectivity index is 1.77. The molecule has 2 aromatic carbocycles. The first-order valence-electron chi connectivity index (χ1n) is 11.6. The molecule has 0 atom stereocenters. The lowest BCUT2D eigenvalue weighted by Gasteiger charge is -2.36. The maximum Gasteiger partial charge on any atom is 0.282 e. The first kappa shape index (κ1) is 22.9. The molecule has 7 nitrogen and oxygen atoms in total. The number of amides is 2. The van der Waals surface area contributed by atoms with E-state index in [0.717, 1.165) is 26.1 Å². The van der Waals surface area contributed by atoms with E-state index >= 15 is 0 Å². The number of hydrogen-bond donors (Lipinski definition) is 0. The summed E-state index contributed by atoms with van der Waals surface area (Å²) in [7, 11) is 1.58. The van der Waals surface area contributed by atoms with Crippen LogP contribution in [-0.4, -0.2) is 68.1 Å². The number of carbonyl (C=O) groups excluding carboxylic acids is 2. The van der Waals surface area contributed by atoms with Crippen LogP contribution in [0.3, 0.4) is 0 Å². The number of methoxy groups -OCH3 is 1. The number of ether oxygens (including phenoxy) is 2. The Morgan fingerprint density at radius 3 is 2.36 bits per heavy atom.